The first-order valence-corrected chi connectivity index (χ1v) is 5.17. The van der Waals surface area contributed by atoms with Crippen LogP contribution in [0.3, 0.4) is 0 Å². The molecule has 0 fully saturated rings. The van der Waals surface area contributed by atoms with Crippen LogP contribution in [0.4, 0.5) is 0 Å². The van der Waals surface area contributed by atoms with Crippen LogP contribution < -0.4 is 9.47 Å². The maximum atomic E-state index is 9.60. The number of benzene rings is 1. The van der Waals surface area contributed by atoms with Crippen molar-refractivity contribution in [3.05, 3.63) is 23.3 Å². The van der Waals surface area contributed by atoms with Crippen LogP contribution >= 0.6 is 0 Å². The highest BCUT2D eigenvalue weighted by Gasteiger charge is 2.22. The third-order valence-corrected chi connectivity index (χ3v) is 2.70. The third-order valence-electron chi connectivity index (χ3n) is 2.70. The summed E-state index contributed by atoms with van der Waals surface area (Å²) >= 11 is 0. The lowest BCUT2D eigenvalue weighted by molar-refractivity contribution is 0.193. The van der Waals surface area contributed by atoms with Gasteiger partial charge in [0, 0.05) is 17.5 Å². The molecule has 0 saturated heterocycles. The van der Waals surface area contributed by atoms with E-state index in [-0.39, 0.29) is 6.10 Å². The highest BCUT2D eigenvalue weighted by atomic mass is 16.5. The summed E-state index contributed by atoms with van der Waals surface area (Å²) in [6, 6.07) is 3.84. The standard InChI is InChI=1S/C12H16O3/c1-7-4-9-5-12(14-3)10(8(2)13)6-11(9)15-7/h5-8,13H,4H2,1-3H3. The van der Waals surface area contributed by atoms with Gasteiger partial charge in [0.25, 0.3) is 0 Å². The van der Waals surface area contributed by atoms with Gasteiger partial charge in [-0.25, -0.2) is 0 Å². The molecule has 0 saturated carbocycles. The summed E-state index contributed by atoms with van der Waals surface area (Å²) in [7, 11) is 1.62. The number of aliphatic hydroxyl groups is 1. The molecule has 82 valence electrons. The van der Waals surface area contributed by atoms with Crippen LogP contribution in [0.1, 0.15) is 31.1 Å². The average molecular weight is 208 g/mol. The SMILES string of the molecule is COc1cc2c(cc1C(C)O)OC(C)C2. The Labute approximate surface area is 89.6 Å². The van der Waals surface area contributed by atoms with Gasteiger partial charge in [-0.05, 0) is 26.0 Å². The Hall–Kier alpha value is -1.22. The molecule has 2 unspecified atom stereocenters. The van der Waals surface area contributed by atoms with E-state index in [1.165, 1.54) is 0 Å². The molecule has 2 atom stereocenters. The Morgan fingerprint density at radius 3 is 2.87 bits per heavy atom. The smallest absolute Gasteiger partial charge is 0.125 e. The van der Waals surface area contributed by atoms with Gasteiger partial charge in [-0.3, -0.25) is 0 Å². The summed E-state index contributed by atoms with van der Waals surface area (Å²) in [6.45, 7) is 3.76. The van der Waals surface area contributed by atoms with Crippen LogP contribution in [-0.2, 0) is 6.42 Å². The minimum Gasteiger partial charge on any atom is -0.496 e. The van der Waals surface area contributed by atoms with Gasteiger partial charge in [0.15, 0.2) is 0 Å². The van der Waals surface area contributed by atoms with E-state index in [4.69, 9.17) is 9.47 Å². The molecule has 3 heteroatoms. The van der Waals surface area contributed by atoms with Crippen LogP contribution in [0, 0.1) is 0 Å². The Morgan fingerprint density at radius 2 is 2.27 bits per heavy atom. The van der Waals surface area contributed by atoms with Crippen molar-refractivity contribution in [3.63, 3.8) is 0 Å². The lowest BCUT2D eigenvalue weighted by Gasteiger charge is -2.12. The highest BCUT2D eigenvalue weighted by molar-refractivity contribution is 5.49. The molecular weight excluding hydrogens is 192 g/mol. The summed E-state index contributed by atoms with van der Waals surface area (Å²) in [4.78, 5) is 0. The minimum absolute atomic E-state index is 0.217. The zero-order valence-corrected chi connectivity index (χ0v) is 9.28. The summed E-state index contributed by atoms with van der Waals surface area (Å²) in [5.41, 5.74) is 1.94. The van der Waals surface area contributed by atoms with Crippen LogP contribution in [-0.4, -0.2) is 18.3 Å². The second-order valence-electron chi connectivity index (χ2n) is 4.01. The van der Waals surface area contributed by atoms with Gasteiger partial charge in [0.1, 0.15) is 17.6 Å². The largest absolute Gasteiger partial charge is 0.496 e. The number of rotatable bonds is 2. The van der Waals surface area contributed by atoms with Gasteiger partial charge in [0.05, 0.1) is 13.2 Å². The van der Waals surface area contributed by atoms with Crippen molar-refractivity contribution in [3.8, 4) is 11.5 Å². The predicted octanol–water partition coefficient (Wildman–Crippen LogP) is 2.07. The van der Waals surface area contributed by atoms with E-state index in [9.17, 15) is 5.11 Å². The fourth-order valence-corrected chi connectivity index (χ4v) is 1.96. The number of fused-ring (bicyclic) bond motifs is 1. The maximum Gasteiger partial charge on any atom is 0.125 e. The van der Waals surface area contributed by atoms with Crippen molar-refractivity contribution in [1.82, 2.24) is 0 Å². The predicted molar refractivity (Wildman–Crippen MR) is 57.4 cm³/mol. The molecule has 1 aromatic rings. The second kappa shape index (κ2) is 3.74. The topological polar surface area (TPSA) is 38.7 Å². The number of hydrogen-bond donors (Lipinski definition) is 1. The van der Waals surface area contributed by atoms with Crippen molar-refractivity contribution in [2.24, 2.45) is 0 Å². The molecule has 3 nitrogen and oxygen atoms in total. The lowest BCUT2D eigenvalue weighted by Crippen LogP contribution is -2.05. The summed E-state index contributed by atoms with van der Waals surface area (Å²) in [5.74, 6) is 1.61. The van der Waals surface area contributed by atoms with Crippen molar-refractivity contribution in [1.29, 1.82) is 0 Å². The number of hydrogen-bond acceptors (Lipinski definition) is 3. The molecule has 0 radical (unpaired) electrons. The lowest BCUT2D eigenvalue weighted by atomic mass is 10.0. The van der Waals surface area contributed by atoms with Crippen molar-refractivity contribution in [2.75, 3.05) is 7.11 Å². The minimum atomic E-state index is -0.537. The molecule has 0 bridgehead atoms. The molecular formula is C12H16O3. The number of ether oxygens (including phenoxy) is 2. The van der Waals surface area contributed by atoms with Crippen molar-refractivity contribution >= 4 is 0 Å². The Bertz CT molecular complexity index is 371. The van der Waals surface area contributed by atoms with E-state index >= 15 is 0 Å². The first-order valence-electron chi connectivity index (χ1n) is 5.17. The molecule has 15 heavy (non-hydrogen) atoms. The third kappa shape index (κ3) is 1.79. The zero-order chi connectivity index (χ0) is 11.0. The summed E-state index contributed by atoms with van der Waals surface area (Å²) in [5, 5.41) is 9.60. The molecule has 2 rings (SSSR count). The first kappa shape index (κ1) is 10.3. The zero-order valence-electron chi connectivity index (χ0n) is 9.28. The molecule has 0 aromatic heterocycles. The molecule has 1 aliphatic rings. The molecule has 0 aliphatic carbocycles. The van der Waals surface area contributed by atoms with E-state index < -0.39 is 6.10 Å². The van der Waals surface area contributed by atoms with Crippen LogP contribution in [0.15, 0.2) is 12.1 Å². The van der Waals surface area contributed by atoms with Gasteiger partial charge in [-0.2, -0.15) is 0 Å². The number of aliphatic hydroxyl groups excluding tert-OH is 1. The molecule has 0 amide bonds. The van der Waals surface area contributed by atoms with Crippen molar-refractivity contribution < 1.29 is 14.6 Å². The monoisotopic (exact) mass is 208 g/mol. The van der Waals surface area contributed by atoms with Crippen molar-refractivity contribution in [2.45, 2.75) is 32.5 Å². The van der Waals surface area contributed by atoms with Gasteiger partial charge in [-0.1, -0.05) is 0 Å². The normalized spacial score (nSPS) is 20.7. The molecule has 1 aliphatic heterocycles. The van der Waals surface area contributed by atoms with Crippen LogP contribution in [0.25, 0.3) is 0 Å². The van der Waals surface area contributed by atoms with Crippen LogP contribution in [0.2, 0.25) is 0 Å². The Kier molecular flexibility index (Phi) is 2.57. The Morgan fingerprint density at radius 1 is 1.53 bits per heavy atom. The number of methoxy groups -OCH3 is 1. The maximum absolute atomic E-state index is 9.60. The van der Waals surface area contributed by atoms with E-state index in [1.54, 1.807) is 14.0 Å². The second-order valence-corrected chi connectivity index (χ2v) is 4.01. The fraction of sp³-hybridized carbons (Fsp3) is 0.500. The van der Waals surface area contributed by atoms with E-state index in [0.717, 1.165) is 29.0 Å². The van der Waals surface area contributed by atoms with Gasteiger partial charge >= 0.3 is 0 Å². The Balaban J connectivity index is 2.46. The molecule has 1 aromatic carbocycles. The molecule has 1 heterocycles. The van der Waals surface area contributed by atoms with Crippen LogP contribution in [0.5, 0.6) is 11.5 Å². The summed E-state index contributed by atoms with van der Waals surface area (Å²) in [6.07, 6.45) is 0.588. The quantitative estimate of drug-likeness (QED) is 0.808. The molecule has 1 N–H and O–H groups in total. The molecule has 0 spiro atoms. The average Bonchev–Trinajstić information content (AvgIpc) is 2.54. The van der Waals surface area contributed by atoms with Gasteiger partial charge in [-0.15, -0.1) is 0 Å². The van der Waals surface area contributed by atoms with E-state index in [2.05, 4.69) is 0 Å². The van der Waals surface area contributed by atoms with Gasteiger partial charge in [0.2, 0.25) is 0 Å². The first-order chi connectivity index (χ1) is 7.11. The van der Waals surface area contributed by atoms with Gasteiger partial charge < -0.3 is 14.6 Å². The van der Waals surface area contributed by atoms with E-state index in [1.807, 2.05) is 19.1 Å². The fourth-order valence-electron chi connectivity index (χ4n) is 1.96. The highest BCUT2D eigenvalue weighted by Crippen LogP contribution is 2.37. The summed E-state index contributed by atoms with van der Waals surface area (Å²) < 4.78 is 10.9. The van der Waals surface area contributed by atoms with E-state index in [0.29, 0.717) is 0 Å².